The molecule has 0 spiro atoms. The van der Waals surface area contributed by atoms with Crippen molar-refractivity contribution < 1.29 is 0 Å². The van der Waals surface area contributed by atoms with Gasteiger partial charge in [-0.25, -0.2) is 15.0 Å². The van der Waals surface area contributed by atoms with Gasteiger partial charge in [-0.3, -0.25) is 0 Å². The van der Waals surface area contributed by atoms with Crippen molar-refractivity contribution in [1.82, 2.24) is 15.0 Å². The number of rotatable bonds is 9. The van der Waals surface area contributed by atoms with Gasteiger partial charge in [0.25, 0.3) is 0 Å². The molecule has 3 heterocycles. The Balaban J connectivity index is 1.07. The molecule has 13 rings (SSSR count). The predicted octanol–water partition coefficient (Wildman–Crippen LogP) is 18.3. The minimum Gasteiger partial charge on any atom is -0.248 e. The monoisotopic (exact) mass is 915 g/mol. The Morgan fingerprint density at radius 2 is 0.375 bits per heavy atom. The maximum atomic E-state index is 5.55. The highest BCUT2D eigenvalue weighted by molar-refractivity contribution is 5.92. The van der Waals surface area contributed by atoms with Crippen molar-refractivity contribution in [3.63, 3.8) is 0 Å². The topological polar surface area (TPSA) is 38.7 Å². The molecule has 0 radical (unpaired) electrons. The van der Waals surface area contributed by atoms with Crippen LogP contribution in [0.4, 0.5) is 0 Å². The van der Waals surface area contributed by atoms with Gasteiger partial charge in [0.1, 0.15) is 0 Å². The number of fused-ring (bicyclic) bond motifs is 3. The standard InChI is InChI=1S/C69H45N3/c1-4-16-46(17-5-1)58-40-64(55-31-28-49-22-10-13-25-52(49)34-55)70-67(43-58)61-37-62(68-44-59(47-18-6-2-7-19-47)41-65(71-68)56-32-29-50-23-11-14-26-53(50)35-56)39-63(38-61)69-45-60(48-20-8-3-9-21-48)42-66(72-69)57-33-30-51-24-12-15-27-54(51)36-57/h1-45H. The lowest BCUT2D eigenvalue weighted by molar-refractivity contribution is 1.30. The molecular formula is C69H45N3. The normalized spacial score (nSPS) is 11.3. The third-order valence-corrected chi connectivity index (χ3v) is 13.8. The molecule has 3 heteroatoms. The quantitative estimate of drug-likeness (QED) is 0.145. The van der Waals surface area contributed by atoms with Crippen LogP contribution in [0.3, 0.4) is 0 Å². The van der Waals surface area contributed by atoms with E-state index in [2.05, 4.69) is 273 Å². The molecule has 0 N–H and O–H groups in total. The summed E-state index contributed by atoms with van der Waals surface area (Å²) in [5.41, 5.74) is 17.9. The van der Waals surface area contributed by atoms with E-state index < -0.39 is 0 Å². The van der Waals surface area contributed by atoms with Gasteiger partial charge < -0.3 is 0 Å². The lowest BCUT2D eigenvalue weighted by Crippen LogP contribution is -1.96. The van der Waals surface area contributed by atoms with Crippen LogP contribution in [-0.2, 0) is 0 Å². The number of benzene rings is 10. The average molecular weight is 916 g/mol. The van der Waals surface area contributed by atoms with Gasteiger partial charge in [0, 0.05) is 33.4 Å². The van der Waals surface area contributed by atoms with Crippen LogP contribution in [0.5, 0.6) is 0 Å². The summed E-state index contributed by atoms with van der Waals surface area (Å²) in [7, 11) is 0. The van der Waals surface area contributed by atoms with Crippen LogP contribution in [-0.4, -0.2) is 15.0 Å². The molecule has 0 amide bonds. The van der Waals surface area contributed by atoms with Crippen LogP contribution in [0.2, 0.25) is 0 Å². The fourth-order valence-electron chi connectivity index (χ4n) is 9.99. The van der Waals surface area contributed by atoms with E-state index >= 15 is 0 Å². The second-order valence-electron chi connectivity index (χ2n) is 18.5. The highest BCUT2D eigenvalue weighted by Gasteiger charge is 2.18. The van der Waals surface area contributed by atoms with Gasteiger partial charge in [-0.1, -0.05) is 200 Å². The Hall–Kier alpha value is -9.57. The Kier molecular flexibility index (Phi) is 10.9. The molecule has 0 unspecified atom stereocenters. The average Bonchev–Trinajstić information content (AvgIpc) is 3.47. The number of nitrogens with zero attached hydrogens (tertiary/aromatic N) is 3. The van der Waals surface area contributed by atoms with E-state index in [1.54, 1.807) is 0 Å². The molecule has 0 bridgehead atoms. The lowest BCUT2D eigenvalue weighted by atomic mass is 9.93. The summed E-state index contributed by atoms with van der Waals surface area (Å²) in [6.07, 6.45) is 0. The van der Waals surface area contributed by atoms with Crippen molar-refractivity contribution in [2.75, 3.05) is 0 Å². The largest absolute Gasteiger partial charge is 0.248 e. The summed E-state index contributed by atoms with van der Waals surface area (Å²) in [5.74, 6) is 0. The summed E-state index contributed by atoms with van der Waals surface area (Å²) < 4.78 is 0. The van der Waals surface area contributed by atoms with Crippen molar-refractivity contribution in [2.45, 2.75) is 0 Å². The van der Waals surface area contributed by atoms with Gasteiger partial charge >= 0.3 is 0 Å². The summed E-state index contributed by atoms with van der Waals surface area (Å²) in [5, 5.41) is 7.10. The molecule has 0 aliphatic rings. The van der Waals surface area contributed by atoms with E-state index in [1.165, 1.54) is 32.3 Å². The predicted molar refractivity (Wildman–Crippen MR) is 301 cm³/mol. The first-order valence-electron chi connectivity index (χ1n) is 24.5. The molecule has 336 valence electrons. The molecule has 13 aromatic rings. The Morgan fingerprint density at radius 1 is 0.139 bits per heavy atom. The zero-order chi connectivity index (χ0) is 47.8. The molecule has 0 aliphatic carbocycles. The van der Waals surface area contributed by atoms with Crippen molar-refractivity contribution in [3.05, 3.63) is 273 Å². The number of hydrogen-bond donors (Lipinski definition) is 0. The minimum absolute atomic E-state index is 0.852. The third-order valence-electron chi connectivity index (χ3n) is 13.8. The van der Waals surface area contributed by atoms with Gasteiger partial charge in [0.05, 0.1) is 34.2 Å². The lowest BCUT2D eigenvalue weighted by Gasteiger charge is -2.16. The summed E-state index contributed by atoms with van der Waals surface area (Å²) >= 11 is 0. The maximum absolute atomic E-state index is 5.55. The molecule has 3 nitrogen and oxygen atoms in total. The summed E-state index contributed by atoms with van der Waals surface area (Å²) in [4.78, 5) is 16.7. The van der Waals surface area contributed by atoms with Crippen LogP contribution in [0.15, 0.2) is 273 Å². The second kappa shape index (κ2) is 18.4. The second-order valence-corrected chi connectivity index (χ2v) is 18.5. The minimum atomic E-state index is 0.852. The zero-order valence-electron chi connectivity index (χ0n) is 39.3. The molecule has 0 saturated carbocycles. The van der Waals surface area contributed by atoms with Gasteiger partial charge in [0.2, 0.25) is 0 Å². The first-order valence-corrected chi connectivity index (χ1v) is 24.5. The van der Waals surface area contributed by atoms with Crippen LogP contribution in [0.1, 0.15) is 0 Å². The fourth-order valence-corrected chi connectivity index (χ4v) is 9.99. The van der Waals surface area contributed by atoms with E-state index in [9.17, 15) is 0 Å². The van der Waals surface area contributed by atoms with Crippen LogP contribution in [0.25, 0.3) is 133 Å². The molecular weight excluding hydrogens is 871 g/mol. The highest BCUT2D eigenvalue weighted by atomic mass is 14.7. The first kappa shape index (κ1) is 42.5. The molecule has 0 atom stereocenters. The van der Waals surface area contributed by atoms with Gasteiger partial charge in [-0.2, -0.15) is 0 Å². The zero-order valence-corrected chi connectivity index (χ0v) is 39.3. The van der Waals surface area contributed by atoms with Gasteiger partial charge in [0.15, 0.2) is 0 Å². The molecule has 0 aliphatic heterocycles. The van der Waals surface area contributed by atoms with Crippen LogP contribution >= 0.6 is 0 Å². The number of hydrogen-bond acceptors (Lipinski definition) is 3. The third kappa shape index (κ3) is 8.50. The Bertz CT molecular complexity index is 3700. The molecule has 3 aromatic heterocycles. The fraction of sp³-hybridized carbons (Fsp3) is 0. The van der Waals surface area contributed by atoms with E-state index in [-0.39, 0.29) is 0 Å². The highest BCUT2D eigenvalue weighted by Crippen LogP contribution is 2.40. The first-order chi connectivity index (χ1) is 35.6. The number of aromatic nitrogens is 3. The SMILES string of the molecule is c1ccc(-c2cc(-c3cc(-c4cc(-c5ccccc5)cc(-c5ccc6ccccc6c5)n4)cc(-c4cc(-c5ccccc5)cc(-c5ccc6ccccc6c5)n4)c3)nc(-c3ccc4ccccc4c3)c2)cc1. The smallest absolute Gasteiger partial charge is 0.0716 e. The van der Waals surface area contributed by atoms with E-state index in [0.29, 0.717) is 0 Å². The maximum Gasteiger partial charge on any atom is 0.0716 e. The summed E-state index contributed by atoms with van der Waals surface area (Å²) in [6, 6.07) is 97.3. The van der Waals surface area contributed by atoms with Crippen molar-refractivity contribution >= 4 is 32.3 Å². The molecule has 10 aromatic carbocycles. The van der Waals surface area contributed by atoms with Crippen molar-refractivity contribution in [2.24, 2.45) is 0 Å². The van der Waals surface area contributed by atoms with E-state index in [0.717, 1.165) is 101 Å². The Labute approximate surface area is 419 Å². The molecule has 0 saturated heterocycles. The Morgan fingerprint density at radius 3 is 0.653 bits per heavy atom. The van der Waals surface area contributed by atoms with Crippen LogP contribution in [0, 0.1) is 0 Å². The van der Waals surface area contributed by atoms with Crippen molar-refractivity contribution in [1.29, 1.82) is 0 Å². The summed E-state index contributed by atoms with van der Waals surface area (Å²) in [6.45, 7) is 0. The van der Waals surface area contributed by atoms with Crippen molar-refractivity contribution in [3.8, 4) is 101 Å². The van der Waals surface area contributed by atoms with Gasteiger partial charge in [-0.15, -0.1) is 0 Å². The number of pyridine rings is 3. The van der Waals surface area contributed by atoms with Gasteiger partial charge in [-0.05, 0) is 138 Å². The van der Waals surface area contributed by atoms with E-state index in [1.807, 2.05) is 0 Å². The molecule has 72 heavy (non-hydrogen) atoms. The molecule has 0 fully saturated rings. The van der Waals surface area contributed by atoms with Crippen LogP contribution < -0.4 is 0 Å². The van der Waals surface area contributed by atoms with E-state index in [4.69, 9.17) is 15.0 Å².